The number of imidazole rings is 1. The number of hydrogen-bond donors (Lipinski definition) is 2. The molecule has 3 rings (SSSR count). The van der Waals surface area contributed by atoms with Crippen LogP contribution in [0, 0.1) is 5.92 Å². The molecule has 2 aromatic rings. The number of aromatic nitrogens is 2. The molecule has 0 unspecified atom stereocenters. The minimum absolute atomic E-state index is 0.270. The maximum atomic E-state index is 12.5. The molecule has 152 valence electrons. The van der Waals surface area contributed by atoms with Crippen LogP contribution in [0.3, 0.4) is 0 Å². The molecule has 1 aliphatic rings. The summed E-state index contributed by atoms with van der Waals surface area (Å²) in [5.74, 6) is 1.45. The average Bonchev–Trinajstić information content (AvgIpc) is 3.06. The van der Waals surface area contributed by atoms with Gasteiger partial charge < -0.3 is 19.8 Å². The molecule has 0 aliphatic heterocycles. The number of amides is 1. The summed E-state index contributed by atoms with van der Waals surface area (Å²) in [6.45, 7) is 5.53. The number of nitrogens with zero attached hydrogens (tertiary/aromatic N) is 1. The molecule has 0 radical (unpaired) electrons. The van der Waals surface area contributed by atoms with Gasteiger partial charge >= 0.3 is 6.09 Å². The smallest absolute Gasteiger partial charge is 0.408 e. The monoisotopic (exact) mass is 387 g/mol. The number of alkyl carbamates (subject to hydrolysis) is 1. The molecule has 1 atom stereocenters. The number of ether oxygens (including phenoxy) is 2. The van der Waals surface area contributed by atoms with E-state index in [1.165, 1.54) is 13.5 Å². The highest BCUT2D eigenvalue weighted by atomic mass is 16.6. The normalized spacial score (nSPS) is 16.6. The summed E-state index contributed by atoms with van der Waals surface area (Å²) in [6, 6.07) is 3.20. The summed E-state index contributed by atoms with van der Waals surface area (Å²) >= 11 is 0. The zero-order chi connectivity index (χ0) is 20.3. The first kappa shape index (κ1) is 20.2. The molecule has 0 bridgehead atoms. The first-order valence-electron chi connectivity index (χ1n) is 9.83. The first-order valence-corrected chi connectivity index (χ1v) is 9.83. The van der Waals surface area contributed by atoms with Crippen molar-refractivity contribution < 1.29 is 19.1 Å². The molecule has 0 spiro atoms. The van der Waals surface area contributed by atoms with E-state index in [9.17, 15) is 9.59 Å². The lowest BCUT2D eigenvalue weighted by Crippen LogP contribution is -2.38. The lowest BCUT2D eigenvalue weighted by Gasteiger charge is -2.30. The van der Waals surface area contributed by atoms with Crippen LogP contribution in [0.2, 0.25) is 0 Å². The third kappa shape index (κ3) is 4.64. The molecule has 7 heteroatoms. The van der Waals surface area contributed by atoms with Crippen molar-refractivity contribution in [1.29, 1.82) is 0 Å². The van der Waals surface area contributed by atoms with Crippen LogP contribution in [-0.4, -0.2) is 35.1 Å². The van der Waals surface area contributed by atoms with Crippen molar-refractivity contribution in [3.63, 3.8) is 0 Å². The number of carbonyl (C=O) groups excluding carboxylic acids is 2. The Hall–Kier alpha value is -2.57. The van der Waals surface area contributed by atoms with Crippen molar-refractivity contribution in [3.05, 3.63) is 23.5 Å². The maximum Gasteiger partial charge on any atom is 0.408 e. The minimum atomic E-state index is -0.568. The Balaban J connectivity index is 1.94. The summed E-state index contributed by atoms with van der Waals surface area (Å²) < 4.78 is 10.7. The highest BCUT2D eigenvalue weighted by Crippen LogP contribution is 2.35. The summed E-state index contributed by atoms with van der Waals surface area (Å²) in [4.78, 5) is 31.8. The number of hydrogen-bond acceptors (Lipinski definition) is 5. The van der Waals surface area contributed by atoms with Crippen LogP contribution in [0.5, 0.6) is 5.75 Å². The van der Waals surface area contributed by atoms with E-state index < -0.39 is 11.7 Å². The molecule has 7 nitrogen and oxygen atoms in total. The Kier molecular flexibility index (Phi) is 5.91. The van der Waals surface area contributed by atoms with E-state index >= 15 is 0 Å². The largest absolute Gasteiger partial charge is 0.496 e. The molecule has 1 heterocycles. The Morgan fingerprint density at radius 2 is 2.00 bits per heavy atom. The van der Waals surface area contributed by atoms with E-state index in [1.54, 1.807) is 12.1 Å². The number of carbonyl (C=O) groups is 2. The summed E-state index contributed by atoms with van der Waals surface area (Å²) in [5, 5.41) is 3.02. The fourth-order valence-electron chi connectivity index (χ4n) is 3.80. The second kappa shape index (κ2) is 8.20. The Morgan fingerprint density at radius 1 is 1.29 bits per heavy atom. The van der Waals surface area contributed by atoms with Crippen LogP contribution in [0.25, 0.3) is 11.0 Å². The van der Waals surface area contributed by atoms with Crippen LogP contribution < -0.4 is 10.1 Å². The van der Waals surface area contributed by atoms with E-state index in [0.717, 1.165) is 37.5 Å². The predicted octanol–water partition coefficient (Wildman–Crippen LogP) is 4.53. The number of fused-ring (bicyclic) bond motifs is 1. The fourth-order valence-corrected chi connectivity index (χ4v) is 3.80. The summed E-state index contributed by atoms with van der Waals surface area (Å²) in [7, 11) is 1.52. The molecular weight excluding hydrogens is 358 g/mol. The van der Waals surface area contributed by atoms with Gasteiger partial charge in [0.25, 0.3) is 0 Å². The third-order valence-electron chi connectivity index (χ3n) is 5.07. The molecule has 1 saturated carbocycles. The van der Waals surface area contributed by atoms with Gasteiger partial charge in [0.05, 0.1) is 29.7 Å². The Morgan fingerprint density at radius 3 is 2.61 bits per heavy atom. The van der Waals surface area contributed by atoms with Gasteiger partial charge in [-0.1, -0.05) is 19.3 Å². The van der Waals surface area contributed by atoms with Crippen molar-refractivity contribution in [2.24, 2.45) is 5.92 Å². The number of aromatic amines is 1. The van der Waals surface area contributed by atoms with Gasteiger partial charge in [-0.3, -0.25) is 4.79 Å². The average molecular weight is 387 g/mol. The molecule has 28 heavy (non-hydrogen) atoms. The Bertz CT molecular complexity index is 847. The van der Waals surface area contributed by atoms with Crippen LogP contribution in [0.4, 0.5) is 4.79 Å². The molecule has 1 aromatic heterocycles. The zero-order valence-corrected chi connectivity index (χ0v) is 17.0. The van der Waals surface area contributed by atoms with E-state index in [4.69, 9.17) is 14.5 Å². The quantitative estimate of drug-likeness (QED) is 0.735. The van der Waals surface area contributed by atoms with Gasteiger partial charge in [0, 0.05) is 6.07 Å². The summed E-state index contributed by atoms with van der Waals surface area (Å²) in [5.41, 5.74) is 1.33. The van der Waals surface area contributed by atoms with Crippen LogP contribution in [0.1, 0.15) is 75.1 Å². The minimum Gasteiger partial charge on any atom is -0.496 e. The van der Waals surface area contributed by atoms with E-state index in [-0.39, 0.29) is 12.0 Å². The maximum absolute atomic E-state index is 12.5. The fraction of sp³-hybridized carbons (Fsp3) is 0.571. The van der Waals surface area contributed by atoms with E-state index in [2.05, 4.69) is 10.3 Å². The van der Waals surface area contributed by atoms with Gasteiger partial charge in [0.2, 0.25) is 0 Å². The molecule has 1 aromatic carbocycles. The highest BCUT2D eigenvalue weighted by molar-refractivity contribution is 5.89. The predicted molar refractivity (Wildman–Crippen MR) is 107 cm³/mol. The van der Waals surface area contributed by atoms with Crippen molar-refractivity contribution >= 4 is 23.4 Å². The van der Waals surface area contributed by atoms with Gasteiger partial charge in [-0.15, -0.1) is 0 Å². The second-order valence-electron chi connectivity index (χ2n) is 8.37. The molecule has 1 aliphatic carbocycles. The van der Waals surface area contributed by atoms with Crippen LogP contribution in [0.15, 0.2) is 12.1 Å². The second-order valence-corrected chi connectivity index (χ2v) is 8.37. The van der Waals surface area contributed by atoms with Gasteiger partial charge in [-0.2, -0.15) is 0 Å². The van der Waals surface area contributed by atoms with Gasteiger partial charge in [0.1, 0.15) is 17.2 Å². The number of methoxy groups -OCH3 is 1. The number of aldehydes is 1. The summed E-state index contributed by atoms with van der Waals surface area (Å²) in [6.07, 6.45) is 5.86. The number of benzene rings is 1. The van der Waals surface area contributed by atoms with Crippen molar-refractivity contribution in [1.82, 2.24) is 15.3 Å². The molecule has 1 fully saturated rings. The van der Waals surface area contributed by atoms with Crippen LogP contribution >= 0.6 is 0 Å². The van der Waals surface area contributed by atoms with Gasteiger partial charge in [-0.05, 0) is 45.6 Å². The van der Waals surface area contributed by atoms with Crippen molar-refractivity contribution in [2.45, 2.75) is 64.5 Å². The standard InChI is InChI=1S/C21H29N3O4/c1-21(2,3)28-20(26)24-18(13-8-6-5-7-9-13)19-22-15-10-14(12-25)17(27-4)11-16(15)23-19/h10-13,18H,5-9H2,1-4H3,(H,22,23)(H,24,26)/t18-/m1/s1. The SMILES string of the molecule is COc1cc2nc([C@H](NC(=O)OC(C)(C)C)C3CCCCC3)[nH]c2cc1C=O. The number of nitrogens with one attached hydrogen (secondary N) is 2. The van der Waals surface area contributed by atoms with E-state index in [0.29, 0.717) is 22.7 Å². The van der Waals surface area contributed by atoms with E-state index in [1.807, 2.05) is 20.8 Å². The highest BCUT2D eigenvalue weighted by Gasteiger charge is 2.30. The zero-order valence-electron chi connectivity index (χ0n) is 17.0. The van der Waals surface area contributed by atoms with Crippen LogP contribution in [-0.2, 0) is 4.74 Å². The molecule has 0 saturated heterocycles. The van der Waals surface area contributed by atoms with Crippen molar-refractivity contribution in [2.75, 3.05) is 7.11 Å². The first-order chi connectivity index (χ1) is 13.3. The topological polar surface area (TPSA) is 93.3 Å². The molecule has 1 amide bonds. The van der Waals surface area contributed by atoms with Crippen molar-refractivity contribution in [3.8, 4) is 5.75 Å². The molecular formula is C21H29N3O4. The lowest BCUT2D eigenvalue weighted by atomic mass is 9.83. The van der Waals surface area contributed by atoms with Gasteiger partial charge in [0.15, 0.2) is 6.29 Å². The Labute approximate surface area is 165 Å². The number of rotatable bonds is 5. The third-order valence-corrected chi connectivity index (χ3v) is 5.07. The molecule has 2 N–H and O–H groups in total. The van der Waals surface area contributed by atoms with Gasteiger partial charge in [-0.25, -0.2) is 9.78 Å². The number of H-pyrrole nitrogens is 1. The lowest BCUT2D eigenvalue weighted by molar-refractivity contribution is 0.0472.